The fourth-order valence-electron chi connectivity index (χ4n) is 0.977. The third kappa shape index (κ3) is 2.91. The molecule has 2 N–H and O–H groups in total. The van der Waals surface area contributed by atoms with Crippen molar-refractivity contribution in [1.82, 2.24) is 15.5 Å². The monoisotopic (exact) mass is 225 g/mol. The number of aromatic amines is 1. The molecule has 0 radical (unpaired) electrons. The van der Waals surface area contributed by atoms with E-state index < -0.39 is 23.5 Å². The van der Waals surface area contributed by atoms with Gasteiger partial charge in [0.15, 0.2) is 0 Å². The first-order valence-corrected chi connectivity index (χ1v) is 4.49. The molecule has 0 aliphatic heterocycles. The van der Waals surface area contributed by atoms with E-state index in [1.807, 2.05) is 0 Å². The Hall–Kier alpha value is -2.18. The number of H-pyrrole nitrogens is 1. The SMILES string of the molecule is COC(=O)C(C)NC(=O)c1ccc(=O)[nH]n1. The minimum absolute atomic E-state index is 0.0235. The van der Waals surface area contributed by atoms with Gasteiger partial charge in [-0.15, -0.1) is 0 Å². The third-order valence-corrected chi connectivity index (χ3v) is 1.81. The van der Waals surface area contributed by atoms with Gasteiger partial charge in [0, 0.05) is 6.07 Å². The second-order valence-electron chi connectivity index (χ2n) is 3.02. The average Bonchev–Trinajstić information content (AvgIpc) is 2.28. The lowest BCUT2D eigenvalue weighted by Gasteiger charge is -2.10. The van der Waals surface area contributed by atoms with Crippen LogP contribution in [-0.4, -0.2) is 35.2 Å². The Balaban J connectivity index is 2.69. The van der Waals surface area contributed by atoms with Crippen LogP contribution in [0.25, 0.3) is 0 Å². The van der Waals surface area contributed by atoms with Gasteiger partial charge >= 0.3 is 5.97 Å². The maximum atomic E-state index is 11.5. The van der Waals surface area contributed by atoms with Crippen LogP contribution in [0, 0.1) is 0 Å². The number of nitrogens with one attached hydrogen (secondary N) is 2. The Bertz CT molecular complexity index is 434. The van der Waals surface area contributed by atoms with Crippen molar-refractivity contribution in [3.8, 4) is 0 Å². The summed E-state index contributed by atoms with van der Waals surface area (Å²) >= 11 is 0. The van der Waals surface area contributed by atoms with Crippen LogP contribution in [-0.2, 0) is 9.53 Å². The molecule has 0 aliphatic rings. The molecular weight excluding hydrogens is 214 g/mol. The molecule has 16 heavy (non-hydrogen) atoms. The van der Waals surface area contributed by atoms with E-state index in [-0.39, 0.29) is 5.69 Å². The quantitative estimate of drug-likeness (QED) is 0.646. The average molecular weight is 225 g/mol. The van der Waals surface area contributed by atoms with Gasteiger partial charge in [0.25, 0.3) is 11.5 Å². The normalized spacial score (nSPS) is 11.6. The van der Waals surface area contributed by atoms with Crippen LogP contribution in [0.2, 0.25) is 0 Å². The number of nitrogens with zero attached hydrogens (tertiary/aromatic N) is 1. The zero-order chi connectivity index (χ0) is 12.1. The van der Waals surface area contributed by atoms with E-state index in [9.17, 15) is 14.4 Å². The van der Waals surface area contributed by atoms with Crippen molar-refractivity contribution in [2.45, 2.75) is 13.0 Å². The zero-order valence-corrected chi connectivity index (χ0v) is 8.81. The maximum absolute atomic E-state index is 11.5. The molecule has 1 heterocycles. The van der Waals surface area contributed by atoms with Crippen LogP contribution in [0.1, 0.15) is 17.4 Å². The summed E-state index contributed by atoms with van der Waals surface area (Å²) in [6.45, 7) is 1.48. The number of esters is 1. The summed E-state index contributed by atoms with van der Waals surface area (Å²) in [7, 11) is 1.23. The summed E-state index contributed by atoms with van der Waals surface area (Å²) in [4.78, 5) is 33.2. The van der Waals surface area contributed by atoms with Crippen molar-refractivity contribution in [3.63, 3.8) is 0 Å². The number of hydrogen-bond donors (Lipinski definition) is 2. The highest BCUT2D eigenvalue weighted by atomic mass is 16.5. The van der Waals surface area contributed by atoms with E-state index in [1.54, 1.807) is 0 Å². The number of carbonyl (C=O) groups excluding carboxylic acids is 2. The van der Waals surface area contributed by atoms with Gasteiger partial charge in [0.05, 0.1) is 7.11 Å². The molecule has 86 valence electrons. The molecule has 1 aromatic rings. The van der Waals surface area contributed by atoms with Crippen LogP contribution in [0.5, 0.6) is 0 Å². The molecule has 1 unspecified atom stereocenters. The summed E-state index contributed by atoms with van der Waals surface area (Å²) in [5.74, 6) is -1.12. The van der Waals surface area contributed by atoms with E-state index in [2.05, 4.69) is 20.3 Å². The van der Waals surface area contributed by atoms with Gasteiger partial charge in [-0.25, -0.2) is 9.89 Å². The lowest BCUT2D eigenvalue weighted by molar-refractivity contribution is -0.142. The summed E-state index contributed by atoms with van der Waals surface area (Å²) in [6.07, 6.45) is 0. The van der Waals surface area contributed by atoms with Crippen molar-refractivity contribution in [3.05, 3.63) is 28.2 Å². The number of carbonyl (C=O) groups is 2. The van der Waals surface area contributed by atoms with Crippen LogP contribution in [0.4, 0.5) is 0 Å². The molecular formula is C9H11N3O4. The number of rotatable bonds is 3. The highest BCUT2D eigenvalue weighted by Gasteiger charge is 2.17. The lowest BCUT2D eigenvalue weighted by atomic mass is 10.3. The van der Waals surface area contributed by atoms with Crippen molar-refractivity contribution in [1.29, 1.82) is 0 Å². The predicted octanol–water partition coefficient (Wildman–Crippen LogP) is -0.939. The number of aromatic nitrogens is 2. The molecule has 1 aromatic heterocycles. The van der Waals surface area contributed by atoms with E-state index in [0.29, 0.717) is 0 Å². The van der Waals surface area contributed by atoms with Crippen molar-refractivity contribution >= 4 is 11.9 Å². The molecule has 0 spiro atoms. The first kappa shape index (κ1) is 11.9. The summed E-state index contributed by atoms with van der Waals surface area (Å²) in [6, 6.07) is 1.66. The number of ether oxygens (including phenoxy) is 1. The van der Waals surface area contributed by atoms with Gasteiger partial charge in [-0.2, -0.15) is 5.10 Å². The molecule has 7 nitrogen and oxygen atoms in total. The van der Waals surface area contributed by atoms with Crippen molar-refractivity contribution in [2.24, 2.45) is 0 Å². The zero-order valence-electron chi connectivity index (χ0n) is 8.81. The molecule has 0 aromatic carbocycles. The first-order chi connectivity index (χ1) is 7.54. The molecule has 7 heteroatoms. The van der Waals surface area contributed by atoms with Gasteiger partial charge in [-0.3, -0.25) is 9.59 Å². The molecule has 0 saturated carbocycles. The lowest BCUT2D eigenvalue weighted by Crippen LogP contribution is -2.39. The Morgan fingerprint density at radius 3 is 2.69 bits per heavy atom. The van der Waals surface area contributed by atoms with E-state index in [1.165, 1.54) is 26.2 Å². The van der Waals surface area contributed by atoms with Crippen molar-refractivity contribution < 1.29 is 14.3 Å². The standard InChI is InChI=1S/C9H11N3O4/c1-5(9(15)16-2)10-8(14)6-3-4-7(13)12-11-6/h3-5H,1-2H3,(H,10,14)(H,12,13). The maximum Gasteiger partial charge on any atom is 0.328 e. The van der Waals surface area contributed by atoms with Crippen LogP contribution < -0.4 is 10.9 Å². The predicted molar refractivity (Wildman–Crippen MR) is 53.8 cm³/mol. The second kappa shape index (κ2) is 5.06. The number of amides is 1. The Kier molecular flexibility index (Phi) is 3.76. The van der Waals surface area contributed by atoms with Gasteiger partial charge in [0.2, 0.25) is 0 Å². The topological polar surface area (TPSA) is 101 Å². The molecule has 1 atom stereocenters. The molecule has 0 aliphatic carbocycles. The molecule has 0 saturated heterocycles. The number of hydrogen-bond acceptors (Lipinski definition) is 5. The van der Waals surface area contributed by atoms with E-state index in [4.69, 9.17) is 0 Å². The molecule has 1 amide bonds. The second-order valence-corrected chi connectivity index (χ2v) is 3.02. The molecule has 1 rings (SSSR count). The van der Waals surface area contributed by atoms with Gasteiger partial charge in [-0.05, 0) is 13.0 Å². The largest absolute Gasteiger partial charge is 0.467 e. The van der Waals surface area contributed by atoms with E-state index >= 15 is 0 Å². The summed E-state index contributed by atoms with van der Waals surface area (Å²) in [5, 5.41) is 8.00. The van der Waals surface area contributed by atoms with Crippen molar-refractivity contribution in [2.75, 3.05) is 7.11 Å². The highest BCUT2D eigenvalue weighted by Crippen LogP contribution is 1.92. The fourth-order valence-corrected chi connectivity index (χ4v) is 0.977. The Morgan fingerprint density at radius 1 is 1.50 bits per heavy atom. The smallest absolute Gasteiger partial charge is 0.328 e. The minimum atomic E-state index is -0.772. The van der Waals surface area contributed by atoms with Gasteiger partial charge in [0.1, 0.15) is 11.7 Å². The van der Waals surface area contributed by atoms with Gasteiger partial charge in [-0.1, -0.05) is 0 Å². The number of methoxy groups -OCH3 is 1. The summed E-state index contributed by atoms with van der Waals surface area (Å²) < 4.78 is 4.44. The minimum Gasteiger partial charge on any atom is -0.467 e. The first-order valence-electron chi connectivity index (χ1n) is 4.49. The fraction of sp³-hybridized carbons (Fsp3) is 0.333. The Morgan fingerprint density at radius 2 is 2.19 bits per heavy atom. The van der Waals surface area contributed by atoms with Crippen LogP contribution >= 0.6 is 0 Å². The molecule has 0 fully saturated rings. The molecule has 0 bridgehead atoms. The van der Waals surface area contributed by atoms with Gasteiger partial charge < -0.3 is 10.1 Å². The summed E-state index contributed by atoms with van der Waals surface area (Å²) in [5.41, 5.74) is -0.382. The Labute approximate surface area is 90.8 Å². The van der Waals surface area contributed by atoms with Crippen LogP contribution in [0.15, 0.2) is 16.9 Å². The highest BCUT2D eigenvalue weighted by molar-refractivity contribution is 5.94. The van der Waals surface area contributed by atoms with E-state index in [0.717, 1.165) is 0 Å². The van der Waals surface area contributed by atoms with Crippen LogP contribution in [0.3, 0.4) is 0 Å². The third-order valence-electron chi connectivity index (χ3n) is 1.81.